The Balaban J connectivity index is 2.30. The van der Waals surface area contributed by atoms with Gasteiger partial charge in [-0.3, -0.25) is 24.4 Å². The lowest BCUT2D eigenvalue weighted by Crippen LogP contribution is -2.47. The molecule has 1 heterocycles. The number of unbranched alkanes of at least 4 members (excludes halogenated alkanes) is 21. The van der Waals surface area contributed by atoms with Crippen molar-refractivity contribution in [2.75, 3.05) is 96.6 Å². The van der Waals surface area contributed by atoms with Crippen LogP contribution in [0.4, 0.5) is 0 Å². The van der Waals surface area contributed by atoms with Gasteiger partial charge in [0.1, 0.15) is 6.61 Å². The molecule has 10 nitrogen and oxygen atoms in total. The van der Waals surface area contributed by atoms with Crippen molar-refractivity contribution < 1.29 is 30.0 Å². The predicted molar refractivity (Wildman–Crippen MR) is 296 cm³/mol. The number of carbonyl (C=O) groups is 1. The van der Waals surface area contributed by atoms with Crippen LogP contribution in [0.3, 0.4) is 0 Å². The van der Waals surface area contributed by atoms with Gasteiger partial charge in [0.15, 0.2) is 0 Å². The fourth-order valence-electron chi connectivity index (χ4n) is 9.54. The van der Waals surface area contributed by atoms with Crippen LogP contribution in [0.5, 0.6) is 0 Å². The second-order valence-electron chi connectivity index (χ2n) is 20.7. The molecule has 0 radical (unpaired) electrons. The molecule has 0 aromatic rings. The van der Waals surface area contributed by atoms with Gasteiger partial charge in [0.25, 0.3) is 0 Å². The van der Waals surface area contributed by atoms with E-state index in [1.165, 1.54) is 128 Å². The van der Waals surface area contributed by atoms with Gasteiger partial charge < -0.3 is 25.2 Å². The maximum atomic E-state index is 12.7. The highest BCUT2D eigenvalue weighted by molar-refractivity contribution is 8.76. The molecule has 0 amide bonds. The molecule has 1 aliphatic heterocycles. The first-order valence-corrected chi connectivity index (χ1v) is 31.7. The Hall–Kier alpha value is -0.150. The highest BCUT2D eigenvalue weighted by Gasteiger charge is 2.20. The van der Waals surface area contributed by atoms with Crippen LogP contribution >= 0.6 is 21.6 Å². The van der Waals surface area contributed by atoms with Gasteiger partial charge in [-0.1, -0.05) is 203 Å². The van der Waals surface area contributed by atoms with Crippen molar-refractivity contribution >= 4 is 27.6 Å². The highest BCUT2D eigenvalue weighted by Crippen LogP contribution is 2.23. The Labute approximate surface area is 429 Å². The van der Waals surface area contributed by atoms with Crippen LogP contribution in [-0.2, 0) is 9.53 Å². The SMILES string of the molecule is CCCCCCCCC(O)CN(CCCCSSCCN1CCN(CCOC(=O)CCCN(CC(O)CCCCCCCC)CC(O)CCCCCCCC)CC1)CC(O)CCCCCCCC. The zero-order chi connectivity index (χ0) is 49.6. The van der Waals surface area contributed by atoms with Crippen molar-refractivity contribution in [3.05, 3.63) is 0 Å². The summed E-state index contributed by atoms with van der Waals surface area (Å²) in [5.74, 6) is 2.11. The van der Waals surface area contributed by atoms with Gasteiger partial charge in [0, 0.05) is 83.4 Å². The van der Waals surface area contributed by atoms with Gasteiger partial charge >= 0.3 is 5.97 Å². The van der Waals surface area contributed by atoms with Crippen LogP contribution in [-0.4, -0.2) is 167 Å². The molecule has 1 saturated heterocycles. The average Bonchev–Trinajstić information content (AvgIpc) is 3.32. The molecule has 1 fully saturated rings. The maximum Gasteiger partial charge on any atom is 0.305 e. The predicted octanol–water partition coefficient (Wildman–Crippen LogP) is 12.1. The summed E-state index contributed by atoms with van der Waals surface area (Å²) in [6, 6.07) is 0. The lowest BCUT2D eigenvalue weighted by atomic mass is 10.1. The van der Waals surface area contributed by atoms with Crippen molar-refractivity contribution in [1.82, 2.24) is 19.6 Å². The zero-order valence-corrected chi connectivity index (χ0v) is 46.9. The molecule has 0 spiro atoms. The maximum absolute atomic E-state index is 12.7. The fourth-order valence-corrected chi connectivity index (χ4v) is 11.7. The molecule has 0 aromatic carbocycles. The highest BCUT2D eigenvalue weighted by atomic mass is 33.1. The van der Waals surface area contributed by atoms with Crippen molar-refractivity contribution in [2.24, 2.45) is 0 Å². The molecule has 1 aliphatic rings. The van der Waals surface area contributed by atoms with Gasteiger partial charge in [0.2, 0.25) is 0 Å². The van der Waals surface area contributed by atoms with Gasteiger partial charge in [-0.2, -0.15) is 0 Å². The smallest absolute Gasteiger partial charge is 0.305 e. The number of hydrogen-bond donors (Lipinski definition) is 4. The van der Waals surface area contributed by atoms with E-state index in [9.17, 15) is 25.2 Å². The lowest BCUT2D eigenvalue weighted by Gasteiger charge is -2.34. The normalized spacial score (nSPS) is 15.7. The molecule has 68 heavy (non-hydrogen) atoms. The number of aliphatic hydroxyl groups is 4. The third-order valence-corrected chi connectivity index (χ3v) is 16.4. The van der Waals surface area contributed by atoms with Gasteiger partial charge in [-0.05, 0) is 58.0 Å². The van der Waals surface area contributed by atoms with E-state index >= 15 is 0 Å². The van der Waals surface area contributed by atoms with E-state index in [2.05, 4.69) is 47.3 Å². The second kappa shape index (κ2) is 49.1. The fraction of sp³-hybridized carbons (Fsp3) is 0.982. The summed E-state index contributed by atoms with van der Waals surface area (Å²) >= 11 is 0. The minimum absolute atomic E-state index is 0.147. The molecule has 0 bridgehead atoms. The number of rotatable bonds is 52. The molecular weight excluding hydrogens is 889 g/mol. The number of hydrogen-bond acceptors (Lipinski definition) is 12. The van der Waals surface area contributed by atoms with E-state index in [0.29, 0.717) is 52.2 Å². The Kier molecular flexibility index (Phi) is 47.5. The first-order valence-electron chi connectivity index (χ1n) is 29.2. The monoisotopic (exact) mass is 1000 g/mol. The minimum Gasteiger partial charge on any atom is -0.464 e. The first kappa shape index (κ1) is 65.9. The molecule has 406 valence electrons. The van der Waals surface area contributed by atoms with Crippen molar-refractivity contribution in [3.63, 3.8) is 0 Å². The quantitative estimate of drug-likeness (QED) is 0.0264. The van der Waals surface area contributed by atoms with E-state index < -0.39 is 12.2 Å². The Morgan fingerprint density at radius 2 is 0.779 bits per heavy atom. The standard InChI is InChI=1S/C56H114N4O6S2/c1-5-9-13-17-21-25-32-52(61)48-59(49-53(62)33-26-22-18-14-10-6-2)37-29-30-46-67-68-47-44-58-41-39-57(40-42-58)43-45-66-56(65)36-31-38-60(50-54(63)34-27-23-19-15-11-7-3)51-55(64)35-28-24-20-16-12-8-4/h52-55,61-64H,5-51H2,1-4H3. The average molecular weight is 1000 g/mol. The number of ether oxygens (including phenoxy) is 1. The van der Waals surface area contributed by atoms with Crippen LogP contribution in [0.2, 0.25) is 0 Å². The second-order valence-corrected chi connectivity index (χ2v) is 23.4. The summed E-state index contributed by atoms with van der Waals surface area (Å²) < 4.78 is 5.68. The molecule has 4 unspecified atom stereocenters. The van der Waals surface area contributed by atoms with Crippen LogP contribution in [0.25, 0.3) is 0 Å². The van der Waals surface area contributed by atoms with E-state index in [0.717, 1.165) is 122 Å². The number of piperazine rings is 1. The first-order chi connectivity index (χ1) is 33.2. The summed E-state index contributed by atoms with van der Waals surface area (Å²) in [6.07, 6.45) is 34.7. The van der Waals surface area contributed by atoms with Crippen LogP contribution in [0.1, 0.15) is 233 Å². The zero-order valence-electron chi connectivity index (χ0n) is 45.3. The van der Waals surface area contributed by atoms with Crippen molar-refractivity contribution in [3.8, 4) is 0 Å². The number of carbonyl (C=O) groups excluding carboxylic acids is 1. The minimum atomic E-state index is -0.400. The molecule has 0 saturated carbocycles. The molecule has 4 atom stereocenters. The summed E-state index contributed by atoms with van der Waals surface area (Å²) in [7, 11) is 3.97. The molecule has 12 heteroatoms. The summed E-state index contributed by atoms with van der Waals surface area (Å²) in [5, 5.41) is 43.5. The lowest BCUT2D eigenvalue weighted by molar-refractivity contribution is -0.144. The van der Waals surface area contributed by atoms with Gasteiger partial charge in [-0.25, -0.2) is 0 Å². The van der Waals surface area contributed by atoms with Crippen LogP contribution in [0, 0.1) is 0 Å². The third kappa shape index (κ3) is 42.4. The van der Waals surface area contributed by atoms with Crippen molar-refractivity contribution in [1.29, 1.82) is 0 Å². The van der Waals surface area contributed by atoms with Gasteiger partial charge in [-0.15, -0.1) is 0 Å². The summed E-state index contributed by atoms with van der Waals surface area (Å²) in [6.45, 7) is 19.5. The van der Waals surface area contributed by atoms with E-state index in [1.54, 1.807) is 0 Å². The van der Waals surface area contributed by atoms with Crippen molar-refractivity contribution in [2.45, 2.75) is 258 Å². The number of esters is 1. The van der Waals surface area contributed by atoms with E-state index in [4.69, 9.17) is 4.74 Å². The Morgan fingerprint density at radius 3 is 1.18 bits per heavy atom. The molecule has 0 aromatic heterocycles. The van der Waals surface area contributed by atoms with Crippen LogP contribution < -0.4 is 0 Å². The van der Waals surface area contributed by atoms with Crippen LogP contribution in [0.15, 0.2) is 0 Å². The number of nitrogens with zero attached hydrogens (tertiary/aromatic N) is 4. The molecule has 0 aliphatic carbocycles. The third-order valence-electron chi connectivity index (χ3n) is 14.0. The Bertz CT molecular complexity index is 1010. The molecule has 4 N–H and O–H groups in total. The number of aliphatic hydroxyl groups excluding tert-OH is 4. The molecular formula is C56H114N4O6S2. The summed E-state index contributed by atoms with van der Waals surface area (Å²) in [4.78, 5) is 22.2. The van der Waals surface area contributed by atoms with E-state index in [1.807, 2.05) is 21.6 Å². The summed E-state index contributed by atoms with van der Waals surface area (Å²) in [5.41, 5.74) is 0. The largest absolute Gasteiger partial charge is 0.464 e. The van der Waals surface area contributed by atoms with E-state index in [-0.39, 0.29) is 18.2 Å². The molecule has 1 rings (SSSR count). The Morgan fingerprint density at radius 1 is 0.441 bits per heavy atom. The van der Waals surface area contributed by atoms with Gasteiger partial charge in [0.05, 0.1) is 24.4 Å². The topological polar surface area (TPSA) is 120 Å².